The molecule has 3 aromatic heterocycles. The summed E-state index contributed by atoms with van der Waals surface area (Å²) >= 11 is 0. The van der Waals surface area contributed by atoms with Crippen LogP contribution in [0.2, 0.25) is 0 Å². The third kappa shape index (κ3) is 6.15. The SMILES string of the molecule is CCC1=C(C)c2nc1cc1[nH]c(c(C)c1CC)c(-c1ccc(N(C)C)cc1)c1nc(cc3[nH]c(c(C)c3CC)c2-c2ccc3c(c2)C(=O)c2ccccc2C3=O)C(CC)=C1C. The van der Waals surface area contributed by atoms with Gasteiger partial charge in [0.2, 0.25) is 0 Å². The average Bonchev–Trinajstić information content (AvgIpc) is 3.95. The van der Waals surface area contributed by atoms with Crippen molar-refractivity contribution in [3.8, 4) is 22.3 Å². The molecule has 0 unspecified atom stereocenters. The summed E-state index contributed by atoms with van der Waals surface area (Å²) < 4.78 is 0. The Balaban J connectivity index is 1.45. The van der Waals surface area contributed by atoms with Crippen molar-refractivity contribution in [2.24, 2.45) is 0 Å². The first kappa shape index (κ1) is 39.8. The molecule has 9 rings (SSSR count). The number of carbonyl (C=O) groups is 2. The fourth-order valence-electron chi connectivity index (χ4n) is 10.1. The molecule has 6 aromatic rings. The fourth-order valence-corrected chi connectivity index (χ4v) is 10.1. The largest absolute Gasteiger partial charge is 0.378 e. The van der Waals surface area contributed by atoms with Gasteiger partial charge in [-0.25, -0.2) is 9.97 Å². The van der Waals surface area contributed by atoms with E-state index in [1.807, 2.05) is 30.3 Å². The number of aromatic nitrogens is 4. The minimum atomic E-state index is -0.141. The van der Waals surface area contributed by atoms with Crippen LogP contribution in [0.5, 0.6) is 0 Å². The highest BCUT2D eigenvalue weighted by Crippen LogP contribution is 2.44. The molecule has 3 aromatic carbocycles. The highest BCUT2D eigenvalue weighted by Gasteiger charge is 2.31. The number of nitrogens with one attached hydrogen (secondary N) is 2. The van der Waals surface area contributed by atoms with E-state index < -0.39 is 0 Å². The lowest BCUT2D eigenvalue weighted by Gasteiger charge is -2.18. The summed E-state index contributed by atoms with van der Waals surface area (Å²) in [5, 5.41) is 0. The molecular formula is C54H53N5O2. The van der Waals surface area contributed by atoms with Crippen molar-refractivity contribution >= 4 is 61.6 Å². The zero-order chi connectivity index (χ0) is 43.0. The predicted octanol–water partition coefficient (Wildman–Crippen LogP) is 12.9. The van der Waals surface area contributed by atoms with Crippen LogP contribution in [0.3, 0.4) is 0 Å². The van der Waals surface area contributed by atoms with Gasteiger partial charge in [-0.1, -0.05) is 70.2 Å². The van der Waals surface area contributed by atoms with Gasteiger partial charge in [0.1, 0.15) is 0 Å². The molecule has 306 valence electrons. The number of ketones is 2. The smallest absolute Gasteiger partial charge is 0.194 e. The molecule has 61 heavy (non-hydrogen) atoms. The standard InChI is InChI=1S/C54H53N5O2/c1-11-35-28(5)49-47(32-19-22-34(23-20-32)59(9)10)50-29(6)36(12-2)44(56-50)27-46-38(14-4)31(8)52(58-46)48(51-30(7)37(13-3)45(57-51)26-43(35)55-49)33-21-24-41-42(25-33)54(61)40-18-16-15-17-39(40)53(41)60/h15-27,55,58H,11-14H2,1-10H3. The zero-order valence-electron chi connectivity index (χ0n) is 37.0. The Hall–Kier alpha value is -6.60. The highest BCUT2D eigenvalue weighted by atomic mass is 16.1. The van der Waals surface area contributed by atoms with E-state index in [2.05, 4.69) is 121 Å². The van der Waals surface area contributed by atoms with E-state index in [-0.39, 0.29) is 11.6 Å². The first-order valence-electron chi connectivity index (χ1n) is 21.7. The summed E-state index contributed by atoms with van der Waals surface area (Å²) in [5.74, 6) is -0.270. The van der Waals surface area contributed by atoms with Crippen molar-refractivity contribution in [2.45, 2.75) is 81.1 Å². The van der Waals surface area contributed by atoms with Crippen LogP contribution in [0.1, 0.15) is 131 Å². The molecule has 7 heteroatoms. The van der Waals surface area contributed by atoms with E-state index in [9.17, 15) is 9.59 Å². The summed E-state index contributed by atoms with van der Waals surface area (Å²) in [6.07, 6.45) is 3.26. The number of benzene rings is 3. The number of allylic oxidation sites excluding steroid dienone is 4. The molecule has 0 saturated heterocycles. The number of hydrogen-bond acceptors (Lipinski definition) is 5. The van der Waals surface area contributed by atoms with Gasteiger partial charge in [-0.15, -0.1) is 0 Å². The van der Waals surface area contributed by atoms with Gasteiger partial charge in [0, 0.05) is 64.2 Å². The van der Waals surface area contributed by atoms with E-state index in [4.69, 9.17) is 9.97 Å². The normalized spacial score (nSPS) is 13.6. The molecule has 7 nitrogen and oxygen atoms in total. The van der Waals surface area contributed by atoms with Crippen molar-refractivity contribution in [3.63, 3.8) is 0 Å². The molecular weight excluding hydrogens is 751 g/mol. The first-order valence-corrected chi connectivity index (χ1v) is 21.7. The van der Waals surface area contributed by atoms with Crippen molar-refractivity contribution in [3.05, 3.63) is 146 Å². The lowest BCUT2D eigenvalue weighted by atomic mass is 9.82. The number of H-pyrrole nitrogens is 2. The lowest BCUT2D eigenvalue weighted by Crippen LogP contribution is -2.20. The van der Waals surface area contributed by atoms with Gasteiger partial charge in [0.15, 0.2) is 11.6 Å². The number of hydrogen-bond donors (Lipinski definition) is 2. The van der Waals surface area contributed by atoms with Crippen molar-refractivity contribution in [1.82, 2.24) is 19.9 Å². The molecule has 0 radical (unpaired) electrons. The van der Waals surface area contributed by atoms with Gasteiger partial charge in [0.05, 0.1) is 33.8 Å². The number of aryl methyl sites for hydroxylation is 4. The van der Waals surface area contributed by atoms with Crippen LogP contribution in [-0.2, 0) is 12.8 Å². The van der Waals surface area contributed by atoms with E-state index in [0.29, 0.717) is 22.3 Å². The maximum absolute atomic E-state index is 14.2. The van der Waals surface area contributed by atoms with Crippen LogP contribution in [0, 0.1) is 13.8 Å². The van der Waals surface area contributed by atoms with Gasteiger partial charge >= 0.3 is 0 Å². The Morgan fingerprint density at radius 3 is 1.43 bits per heavy atom. The monoisotopic (exact) mass is 803 g/mol. The van der Waals surface area contributed by atoms with Gasteiger partial charge in [-0.2, -0.15) is 0 Å². The minimum absolute atomic E-state index is 0.129. The molecule has 2 aliphatic heterocycles. The molecule has 0 amide bonds. The highest BCUT2D eigenvalue weighted by molar-refractivity contribution is 6.28. The quantitative estimate of drug-likeness (QED) is 0.167. The second kappa shape index (κ2) is 15.1. The molecule has 1 aliphatic carbocycles. The van der Waals surface area contributed by atoms with Gasteiger partial charge < -0.3 is 14.9 Å². The predicted molar refractivity (Wildman–Crippen MR) is 253 cm³/mol. The summed E-state index contributed by atoms with van der Waals surface area (Å²) in [5.41, 5.74) is 24.0. The summed E-state index contributed by atoms with van der Waals surface area (Å²) in [4.78, 5) is 49.0. The molecule has 0 saturated carbocycles. The first-order chi connectivity index (χ1) is 29.4. The Bertz CT molecular complexity index is 3110. The van der Waals surface area contributed by atoms with Gasteiger partial charge in [0.25, 0.3) is 0 Å². The number of carbonyl (C=O) groups excluding carboxylic acids is 2. The summed E-state index contributed by atoms with van der Waals surface area (Å²) in [6.45, 7) is 17.6. The second-order valence-electron chi connectivity index (χ2n) is 16.8. The van der Waals surface area contributed by atoms with Crippen molar-refractivity contribution < 1.29 is 9.59 Å². The van der Waals surface area contributed by atoms with E-state index >= 15 is 0 Å². The minimum Gasteiger partial charge on any atom is -0.378 e. The summed E-state index contributed by atoms with van der Waals surface area (Å²) in [6, 6.07) is 26.2. The molecule has 0 spiro atoms. The summed E-state index contributed by atoms with van der Waals surface area (Å²) in [7, 11) is 4.14. The molecule has 5 heterocycles. The third-order valence-electron chi connectivity index (χ3n) is 13.4. The molecule has 3 aliphatic rings. The molecule has 8 bridgehead atoms. The van der Waals surface area contributed by atoms with E-state index in [1.165, 1.54) is 33.4 Å². The molecule has 0 atom stereocenters. The zero-order valence-corrected chi connectivity index (χ0v) is 37.0. The molecule has 0 fully saturated rings. The van der Waals surface area contributed by atoms with Crippen LogP contribution in [0.4, 0.5) is 5.69 Å². The Kier molecular flexibility index (Phi) is 9.89. The van der Waals surface area contributed by atoms with E-state index in [1.54, 1.807) is 12.1 Å². The van der Waals surface area contributed by atoms with Gasteiger partial charge in [-0.3, -0.25) is 9.59 Å². The van der Waals surface area contributed by atoms with Crippen LogP contribution in [0.15, 0.2) is 78.9 Å². The Morgan fingerprint density at radius 1 is 0.525 bits per heavy atom. The maximum atomic E-state index is 14.2. The molecule has 2 N–H and O–H groups in total. The number of fused-ring (bicyclic) bond motifs is 10. The second-order valence-corrected chi connectivity index (χ2v) is 16.8. The fraction of sp³-hybridized carbons (Fsp3) is 0.259. The third-order valence-corrected chi connectivity index (χ3v) is 13.4. The number of rotatable bonds is 7. The van der Waals surface area contributed by atoms with Crippen LogP contribution in [0.25, 0.3) is 66.6 Å². The van der Waals surface area contributed by atoms with Crippen molar-refractivity contribution in [2.75, 3.05) is 19.0 Å². The lowest BCUT2D eigenvalue weighted by molar-refractivity contribution is 0.0979. The topological polar surface area (TPSA) is 94.7 Å². The van der Waals surface area contributed by atoms with Crippen LogP contribution >= 0.6 is 0 Å². The number of aromatic amines is 2. The number of anilines is 1. The Morgan fingerprint density at radius 2 is 0.967 bits per heavy atom. The van der Waals surface area contributed by atoms with Gasteiger partial charge in [-0.05, 0) is 145 Å². The maximum Gasteiger partial charge on any atom is 0.194 e. The van der Waals surface area contributed by atoms with E-state index in [0.717, 1.165) is 110 Å². The number of nitrogens with zero attached hydrogens (tertiary/aromatic N) is 3. The van der Waals surface area contributed by atoms with Crippen molar-refractivity contribution in [1.29, 1.82) is 0 Å². The van der Waals surface area contributed by atoms with Crippen LogP contribution in [-0.4, -0.2) is 45.6 Å². The average molecular weight is 804 g/mol. The van der Waals surface area contributed by atoms with Crippen LogP contribution < -0.4 is 4.90 Å². The Labute approximate surface area is 358 Å².